The molecule has 0 unspecified atom stereocenters. The normalized spacial score (nSPS) is 8.46. The van der Waals surface area contributed by atoms with Crippen molar-refractivity contribution in [2.24, 2.45) is 0 Å². The number of carboxylic acid groups (broad SMARTS) is 1. The number of alkyl halides is 1. The Morgan fingerprint density at radius 1 is 1.38 bits per heavy atom. The molecule has 0 aliphatic carbocycles. The summed E-state index contributed by atoms with van der Waals surface area (Å²) in [6.07, 6.45) is 0. The van der Waals surface area contributed by atoms with Gasteiger partial charge in [0.25, 0.3) is 0 Å². The minimum Gasteiger partial charge on any atom is -0.480 e. The monoisotopic (exact) mass is 221 g/mol. The van der Waals surface area contributed by atoms with Crippen LogP contribution in [-0.4, -0.2) is 17.0 Å². The summed E-state index contributed by atoms with van der Waals surface area (Å²) in [5, 5.41) is 8.31. The number of rotatable bonds is 1. The van der Waals surface area contributed by atoms with Crippen molar-refractivity contribution < 1.29 is 9.90 Å². The highest BCUT2D eigenvalue weighted by atomic mass is 35.5. The van der Waals surface area contributed by atoms with Gasteiger partial charge in [0, 0.05) is 10.7 Å². The van der Waals surface area contributed by atoms with Gasteiger partial charge >= 0.3 is 5.97 Å². The summed E-state index contributed by atoms with van der Waals surface area (Å²) in [6, 6.07) is 7.05. The molecule has 0 spiro atoms. The lowest BCUT2D eigenvalue weighted by Crippen LogP contribution is -1.92. The number of halogens is 2. The molecule has 72 valence electrons. The average molecular weight is 222 g/mol. The Labute approximate surface area is 86.1 Å². The molecule has 0 aromatic heterocycles. The minimum atomic E-state index is -0.980. The SMILES string of the molecule is Nc1ccc(Cl)cc1.O=C(O)CCl. The Morgan fingerprint density at radius 3 is 2.00 bits per heavy atom. The molecule has 0 bridgehead atoms. The van der Waals surface area contributed by atoms with Crippen molar-refractivity contribution in [2.75, 3.05) is 11.6 Å². The second-order valence-electron chi connectivity index (χ2n) is 2.08. The van der Waals surface area contributed by atoms with Gasteiger partial charge < -0.3 is 10.8 Å². The van der Waals surface area contributed by atoms with Crippen molar-refractivity contribution in [3.8, 4) is 0 Å². The molecule has 0 atom stereocenters. The lowest BCUT2D eigenvalue weighted by Gasteiger charge is -1.88. The van der Waals surface area contributed by atoms with Gasteiger partial charge in [-0.15, -0.1) is 11.6 Å². The van der Waals surface area contributed by atoms with Crippen LogP contribution in [0.2, 0.25) is 5.02 Å². The molecular weight excluding hydrogens is 213 g/mol. The van der Waals surface area contributed by atoms with Gasteiger partial charge in [-0.25, -0.2) is 0 Å². The Morgan fingerprint density at radius 2 is 1.77 bits per heavy atom. The number of carboxylic acids is 1. The van der Waals surface area contributed by atoms with E-state index >= 15 is 0 Å². The summed E-state index contributed by atoms with van der Waals surface area (Å²) >= 11 is 10.3. The molecule has 3 nitrogen and oxygen atoms in total. The molecule has 1 rings (SSSR count). The van der Waals surface area contributed by atoms with Crippen LogP contribution in [0.1, 0.15) is 0 Å². The molecule has 1 aromatic rings. The van der Waals surface area contributed by atoms with Gasteiger partial charge in [-0.05, 0) is 24.3 Å². The second-order valence-corrected chi connectivity index (χ2v) is 2.78. The first kappa shape index (κ1) is 12.1. The Bertz CT molecular complexity index is 240. The average Bonchev–Trinajstić information content (AvgIpc) is 2.11. The molecule has 0 aliphatic rings. The van der Waals surface area contributed by atoms with Crippen molar-refractivity contribution in [1.82, 2.24) is 0 Å². The second kappa shape index (κ2) is 6.57. The minimum absolute atomic E-state index is 0.306. The third-order valence-corrected chi connectivity index (χ3v) is 1.46. The van der Waals surface area contributed by atoms with E-state index in [-0.39, 0.29) is 5.88 Å². The first-order valence-corrected chi connectivity index (χ1v) is 4.26. The summed E-state index contributed by atoms with van der Waals surface area (Å²) in [5.74, 6) is -1.29. The number of hydrogen-bond acceptors (Lipinski definition) is 2. The van der Waals surface area contributed by atoms with E-state index in [0.29, 0.717) is 0 Å². The van der Waals surface area contributed by atoms with Crippen molar-refractivity contribution in [3.05, 3.63) is 29.3 Å². The van der Waals surface area contributed by atoms with Crippen molar-refractivity contribution in [3.63, 3.8) is 0 Å². The maximum atomic E-state index is 9.24. The number of carbonyl (C=O) groups is 1. The summed E-state index contributed by atoms with van der Waals surface area (Å²) in [5.41, 5.74) is 6.11. The van der Waals surface area contributed by atoms with Crippen molar-refractivity contribution in [2.45, 2.75) is 0 Å². The fourth-order valence-electron chi connectivity index (χ4n) is 0.463. The van der Waals surface area contributed by atoms with Crippen LogP contribution in [0.25, 0.3) is 0 Å². The van der Waals surface area contributed by atoms with Gasteiger partial charge in [-0.1, -0.05) is 11.6 Å². The lowest BCUT2D eigenvalue weighted by molar-refractivity contribution is -0.134. The van der Waals surface area contributed by atoms with E-state index in [1.807, 2.05) is 0 Å². The molecule has 0 aliphatic heterocycles. The lowest BCUT2D eigenvalue weighted by atomic mass is 10.3. The highest BCUT2D eigenvalue weighted by molar-refractivity contribution is 6.30. The highest BCUT2D eigenvalue weighted by Gasteiger charge is 1.83. The maximum absolute atomic E-state index is 9.24. The van der Waals surface area contributed by atoms with Crippen LogP contribution in [0.15, 0.2) is 24.3 Å². The van der Waals surface area contributed by atoms with Gasteiger partial charge in [0.15, 0.2) is 0 Å². The van der Waals surface area contributed by atoms with Crippen molar-refractivity contribution in [1.29, 1.82) is 0 Å². The number of aliphatic carboxylic acids is 1. The van der Waals surface area contributed by atoms with E-state index in [2.05, 4.69) is 0 Å². The van der Waals surface area contributed by atoms with Crippen LogP contribution in [0.3, 0.4) is 0 Å². The molecule has 0 amide bonds. The largest absolute Gasteiger partial charge is 0.480 e. The van der Waals surface area contributed by atoms with Gasteiger partial charge in [-0.2, -0.15) is 0 Å². The van der Waals surface area contributed by atoms with Crippen LogP contribution >= 0.6 is 23.2 Å². The molecule has 0 saturated carbocycles. The highest BCUT2D eigenvalue weighted by Crippen LogP contribution is 2.09. The van der Waals surface area contributed by atoms with Crippen LogP contribution in [0.5, 0.6) is 0 Å². The van der Waals surface area contributed by atoms with E-state index in [0.717, 1.165) is 10.7 Å². The third kappa shape index (κ3) is 7.43. The molecule has 0 saturated heterocycles. The predicted molar refractivity (Wildman–Crippen MR) is 54.2 cm³/mol. The topological polar surface area (TPSA) is 63.3 Å². The molecule has 0 heterocycles. The van der Waals surface area contributed by atoms with Crippen LogP contribution in [0.4, 0.5) is 5.69 Å². The Kier molecular flexibility index (Phi) is 6.10. The van der Waals surface area contributed by atoms with E-state index in [1.165, 1.54) is 0 Å². The Hall–Kier alpha value is -0.930. The van der Waals surface area contributed by atoms with Crippen LogP contribution in [-0.2, 0) is 4.79 Å². The molecule has 0 radical (unpaired) electrons. The first-order valence-electron chi connectivity index (χ1n) is 3.35. The predicted octanol–water partition coefficient (Wildman–Crippen LogP) is 2.23. The number of benzene rings is 1. The zero-order chi connectivity index (χ0) is 10.3. The molecular formula is C8H9Cl2NO2. The Balaban J connectivity index is 0.000000252. The van der Waals surface area contributed by atoms with Gasteiger partial charge in [-0.3, -0.25) is 4.79 Å². The molecule has 13 heavy (non-hydrogen) atoms. The van der Waals surface area contributed by atoms with Gasteiger partial charge in [0.05, 0.1) is 0 Å². The standard InChI is InChI=1S/C6H6ClN.C2H3ClO2/c7-5-1-3-6(8)4-2-5;3-1-2(4)5/h1-4H,8H2;1H2,(H,4,5). The quantitative estimate of drug-likeness (QED) is 0.565. The zero-order valence-electron chi connectivity index (χ0n) is 6.71. The number of nitrogens with two attached hydrogens (primary N) is 1. The summed E-state index contributed by atoms with van der Waals surface area (Å²) in [4.78, 5) is 9.24. The van der Waals surface area contributed by atoms with Crippen LogP contribution in [0, 0.1) is 0 Å². The number of anilines is 1. The molecule has 5 heteroatoms. The van der Waals surface area contributed by atoms with E-state index < -0.39 is 5.97 Å². The molecule has 3 N–H and O–H groups in total. The van der Waals surface area contributed by atoms with Crippen LogP contribution < -0.4 is 5.73 Å². The summed E-state index contributed by atoms with van der Waals surface area (Å²) < 4.78 is 0. The molecule has 1 aromatic carbocycles. The maximum Gasteiger partial charge on any atom is 0.318 e. The fourth-order valence-corrected chi connectivity index (χ4v) is 0.589. The van der Waals surface area contributed by atoms with E-state index in [1.54, 1.807) is 24.3 Å². The van der Waals surface area contributed by atoms with Gasteiger partial charge in [0.1, 0.15) is 5.88 Å². The number of hydrogen-bond donors (Lipinski definition) is 2. The summed E-state index contributed by atoms with van der Waals surface area (Å²) in [7, 11) is 0. The number of nitrogen functional groups attached to an aromatic ring is 1. The van der Waals surface area contributed by atoms with E-state index in [4.69, 9.17) is 34.0 Å². The van der Waals surface area contributed by atoms with E-state index in [9.17, 15) is 4.79 Å². The third-order valence-electron chi connectivity index (χ3n) is 0.984. The zero-order valence-corrected chi connectivity index (χ0v) is 8.22. The summed E-state index contributed by atoms with van der Waals surface area (Å²) in [6.45, 7) is 0. The first-order chi connectivity index (χ1) is 6.06. The molecule has 0 fully saturated rings. The van der Waals surface area contributed by atoms with Gasteiger partial charge in [0.2, 0.25) is 0 Å². The fraction of sp³-hybridized carbons (Fsp3) is 0.125. The smallest absolute Gasteiger partial charge is 0.318 e. The van der Waals surface area contributed by atoms with Crippen molar-refractivity contribution >= 4 is 34.9 Å².